The van der Waals surface area contributed by atoms with Crippen molar-refractivity contribution in [2.24, 2.45) is 0 Å². The zero-order valence-electron chi connectivity index (χ0n) is 20.4. The van der Waals surface area contributed by atoms with Gasteiger partial charge in [-0.1, -0.05) is 43.7 Å². The van der Waals surface area contributed by atoms with Crippen LogP contribution in [0.1, 0.15) is 44.7 Å². The monoisotopic (exact) mass is 471 g/mol. The number of hydrogen-bond acceptors (Lipinski definition) is 6. The first kappa shape index (κ1) is 26.6. The Labute approximate surface area is 200 Å². The highest BCUT2D eigenvalue weighted by Gasteiger charge is 2.29. The van der Waals surface area contributed by atoms with Crippen LogP contribution in [0.4, 0.5) is 5.69 Å². The van der Waals surface area contributed by atoms with Crippen LogP contribution < -0.4 is 14.8 Å². The molecule has 0 heterocycles. The van der Waals surface area contributed by atoms with Crippen LogP contribution in [0.15, 0.2) is 42.5 Å². The minimum absolute atomic E-state index is 0.0127. The first-order valence-electron chi connectivity index (χ1n) is 11.3. The van der Waals surface area contributed by atoms with E-state index in [9.17, 15) is 19.7 Å². The third-order valence-electron chi connectivity index (χ3n) is 5.53. The quantitative estimate of drug-likeness (QED) is 0.370. The van der Waals surface area contributed by atoms with Crippen LogP contribution in [-0.2, 0) is 16.1 Å². The molecule has 2 aromatic rings. The van der Waals surface area contributed by atoms with Gasteiger partial charge < -0.3 is 19.7 Å². The first-order chi connectivity index (χ1) is 16.2. The SMILES string of the molecule is CC[C@@H](C)NC(=O)[C@@H](CC)N(Cc1cccc(C)c1)C(=O)COc1ccc([N+](=O)[O-])c(OC)c1. The van der Waals surface area contributed by atoms with Crippen molar-refractivity contribution in [3.63, 3.8) is 0 Å². The van der Waals surface area contributed by atoms with Crippen LogP contribution in [-0.4, -0.2) is 47.4 Å². The number of ether oxygens (including phenoxy) is 2. The molecular weight excluding hydrogens is 438 g/mol. The van der Waals surface area contributed by atoms with Crippen molar-refractivity contribution < 1.29 is 24.0 Å². The Morgan fingerprint density at radius 2 is 1.88 bits per heavy atom. The van der Waals surface area contributed by atoms with E-state index in [1.807, 2.05) is 52.0 Å². The predicted octanol–water partition coefficient (Wildman–Crippen LogP) is 4.01. The van der Waals surface area contributed by atoms with E-state index >= 15 is 0 Å². The summed E-state index contributed by atoms with van der Waals surface area (Å²) in [5.74, 6) is -0.297. The smallest absolute Gasteiger partial charge is 0.311 e. The van der Waals surface area contributed by atoms with Crippen molar-refractivity contribution >= 4 is 17.5 Å². The molecule has 0 bridgehead atoms. The van der Waals surface area contributed by atoms with Crippen molar-refractivity contribution in [3.05, 3.63) is 63.7 Å². The third-order valence-corrected chi connectivity index (χ3v) is 5.53. The van der Waals surface area contributed by atoms with E-state index in [1.165, 1.54) is 30.2 Å². The summed E-state index contributed by atoms with van der Waals surface area (Å²) in [5.41, 5.74) is 1.76. The summed E-state index contributed by atoms with van der Waals surface area (Å²) in [7, 11) is 1.32. The Morgan fingerprint density at radius 1 is 1.15 bits per heavy atom. The fraction of sp³-hybridized carbons (Fsp3) is 0.440. The average Bonchev–Trinajstić information content (AvgIpc) is 2.81. The van der Waals surface area contributed by atoms with Crippen molar-refractivity contribution in [2.45, 2.75) is 59.2 Å². The molecule has 184 valence electrons. The number of hydrogen-bond donors (Lipinski definition) is 1. The van der Waals surface area contributed by atoms with Crippen LogP contribution in [0.3, 0.4) is 0 Å². The van der Waals surface area contributed by atoms with Gasteiger partial charge in [-0.3, -0.25) is 19.7 Å². The third kappa shape index (κ3) is 7.19. The van der Waals surface area contributed by atoms with E-state index in [-0.39, 0.29) is 48.2 Å². The van der Waals surface area contributed by atoms with Crippen molar-refractivity contribution in [1.82, 2.24) is 10.2 Å². The largest absolute Gasteiger partial charge is 0.490 e. The lowest BCUT2D eigenvalue weighted by molar-refractivity contribution is -0.385. The van der Waals surface area contributed by atoms with Gasteiger partial charge in [0.15, 0.2) is 6.61 Å². The second-order valence-electron chi connectivity index (χ2n) is 8.13. The van der Waals surface area contributed by atoms with Crippen molar-refractivity contribution in [2.75, 3.05) is 13.7 Å². The summed E-state index contributed by atoms with van der Waals surface area (Å²) in [6.45, 7) is 7.64. The maximum atomic E-state index is 13.3. The average molecular weight is 472 g/mol. The van der Waals surface area contributed by atoms with Gasteiger partial charge in [0, 0.05) is 24.7 Å². The summed E-state index contributed by atoms with van der Waals surface area (Å²) in [6, 6.07) is 11.1. The summed E-state index contributed by atoms with van der Waals surface area (Å²) in [6.07, 6.45) is 1.21. The topological polar surface area (TPSA) is 111 Å². The number of amides is 2. The molecule has 0 aliphatic heterocycles. The van der Waals surface area contributed by atoms with Crippen LogP contribution in [0.2, 0.25) is 0 Å². The number of nitrogens with one attached hydrogen (secondary N) is 1. The van der Waals surface area contributed by atoms with Crippen LogP contribution >= 0.6 is 0 Å². The number of nitro groups is 1. The van der Waals surface area contributed by atoms with E-state index in [4.69, 9.17) is 9.47 Å². The molecule has 2 atom stereocenters. The van der Waals surface area contributed by atoms with Crippen molar-refractivity contribution in [1.29, 1.82) is 0 Å². The Morgan fingerprint density at radius 3 is 2.47 bits per heavy atom. The zero-order chi connectivity index (χ0) is 25.3. The molecule has 0 aliphatic carbocycles. The second-order valence-corrected chi connectivity index (χ2v) is 8.13. The Balaban J connectivity index is 2.25. The number of rotatable bonds is 12. The molecule has 0 fully saturated rings. The summed E-state index contributed by atoms with van der Waals surface area (Å²) in [4.78, 5) is 38.3. The number of carbonyl (C=O) groups is 2. The lowest BCUT2D eigenvalue weighted by Crippen LogP contribution is -2.51. The Bertz CT molecular complexity index is 1010. The normalized spacial score (nSPS) is 12.4. The highest BCUT2D eigenvalue weighted by atomic mass is 16.6. The van der Waals surface area contributed by atoms with Gasteiger partial charge in [-0.2, -0.15) is 0 Å². The van der Waals surface area contributed by atoms with Gasteiger partial charge in [0.2, 0.25) is 11.7 Å². The molecule has 0 unspecified atom stereocenters. The molecule has 0 spiro atoms. The van der Waals surface area contributed by atoms with Gasteiger partial charge in [0.1, 0.15) is 11.8 Å². The summed E-state index contributed by atoms with van der Waals surface area (Å²) in [5, 5.41) is 14.1. The van der Waals surface area contributed by atoms with Gasteiger partial charge >= 0.3 is 5.69 Å². The second kappa shape index (κ2) is 12.6. The molecule has 1 N–H and O–H groups in total. The van der Waals surface area contributed by atoms with Gasteiger partial charge in [0.05, 0.1) is 12.0 Å². The lowest BCUT2D eigenvalue weighted by atomic mass is 10.1. The Hall–Kier alpha value is -3.62. The number of nitro benzene ring substituents is 1. The number of methoxy groups -OCH3 is 1. The van der Waals surface area contributed by atoms with E-state index in [1.54, 1.807) is 0 Å². The van der Waals surface area contributed by atoms with Gasteiger partial charge in [0.25, 0.3) is 5.91 Å². The van der Waals surface area contributed by atoms with E-state index < -0.39 is 11.0 Å². The van der Waals surface area contributed by atoms with Crippen molar-refractivity contribution in [3.8, 4) is 11.5 Å². The number of carbonyl (C=O) groups excluding carboxylic acids is 2. The molecule has 9 nitrogen and oxygen atoms in total. The molecular formula is C25H33N3O6. The van der Waals surface area contributed by atoms with Crippen LogP contribution in [0, 0.1) is 17.0 Å². The maximum absolute atomic E-state index is 13.3. The van der Waals surface area contributed by atoms with E-state index in [0.29, 0.717) is 6.42 Å². The fourth-order valence-corrected chi connectivity index (χ4v) is 3.49. The Kier molecular flexibility index (Phi) is 9.85. The van der Waals surface area contributed by atoms with E-state index in [2.05, 4.69) is 5.32 Å². The molecule has 0 radical (unpaired) electrons. The first-order valence-corrected chi connectivity index (χ1v) is 11.3. The molecule has 0 saturated carbocycles. The molecule has 2 aromatic carbocycles. The molecule has 0 aliphatic rings. The zero-order valence-corrected chi connectivity index (χ0v) is 20.4. The fourth-order valence-electron chi connectivity index (χ4n) is 3.49. The van der Waals surface area contributed by atoms with Gasteiger partial charge in [-0.15, -0.1) is 0 Å². The molecule has 2 amide bonds. The molecule has 2 rings (SSSR count). The van der Waals surface area contributed by atoms with Gasteiger partial charge in [-0.25, -0.2) is 0 Å². The van der Waals surface area contributed by atoms with Crippen LogP contribution in [0.5, 0.6) is 11.5 Å². The highest BCUT2D eigenvalue weighted by Crippen LogP contribution is 2.30. The standard InChI is InChI=1S/C25H33N3O6/c1-6-18(4)26-25(30)21(7-2)27(15-19-10-8-9-17(3)13-19)24(29)16-34-20-11-12-22(28(31)32)23(14-20)33-5/h8-14,18,21H,6-7,15-16H2,1-5H3,(H,26,30)/t18-,21-/m1/s1. The minimum Gasteiger partial charge on any atom is -0.490 e. The molecule has 0 saturated heterocycles. The minimum atomic E-state index is -0.669. The predicted molar refractivity (Wildman–Crippen MR) is 129 cm³/mol. The van der Waals surface area contributed by atoms with E-state index in [0.717, 1.165) is 17.5 Å². The number of aryl methyl sites for hydroxylation is 1. The van der Waals surface area contributed by atoms with Gasteiger partial charge in [-0.05, 0) is 38.3 Å². The number of benzene rings is 2. The summed E-state index contributed by atoms with van der Waals surface area (Å²) >= 11 is 0. The number of nitrogens with zero attached hydrogens (tertiary/aromatic N) is 2. The maximum Gasteiger partial charge on any atom is 0.311 e. The van der Waals surface area contributed by atoms with Crippen LogP contribution in [0.25, 0.3) is 0 Å². The summed E-state index contributed by atoms with van der Waals surface area (Å²) < 4.78 is 10.7. The lowest BCUT2D eigenvalue weighted by Gasteiger charge is -2.31. The molecule has 9 heteroatoms. The highest BCUT2D eigenvalue weighted by molar-refractivity contribution is 5.88. The molecule has 34 heavy (non-hydrogen) atoms. The molecule has 0 aromatic heterocycles.